The highest BCUT2D eigenvalue weighted by Gasteiger charge is 2.26. The number of aromatic hydroxyl groups is 1. The van der Waals surface area contributed by atoms with E-state index in [4.69, 9.17) is 11.6 Å². The van der Waals surface area contributed by atoms with Crippen LogP contribution in [0.15, 0.2) is 24.3 Å². The summed E-state index contributed by atoms with van der Waals surface area (Å²) in [6, 6.07) is 8.16. The highest BCUT2D eigenvalue weighted by Crippen LogP contribution is 2.43. The summed E-state index contributed by atoms with van der Waals surface area (Å²) in [6.45, 7) is 7.45. The summed E-state index contributed by atoms with van der Waals surface area (Å²) in [6.07, 6.45) is 0. The molecule has 1 heterocycles. The molecule has 1 aliphatic heterocycles. The third-order valence-electron chi connectivity index (χ3n) is 4.16. The molecule has 0 aliphatic carbocycles. The van der Waals surface area contributed by atoms with Gasteiger partial charge >= 0.3 is 0 Å². The first-order valence-corrected chi connectivity index (χ1v) is 7.55. The SMILES string of the molecule is CC(C)(C)c1ccc2c(O)cc3c(c2c1)[C@H](CCl)CN3. The summed E-state index contributed by atoms with van der Waals surface area (Å²) in [7, 11) is 0. The van der Waals surface area contributed by atoms with Crippen molar-refractivity contribution >= 4 is 28.1 Å². The molecule has 106 valence electrons. The molecule has 2 aromatic carbocycles. The highest BCUT2D eigenvalue weighted by molar-refractivity contribution is 6.18. The van der Waals surface area contributed by atoms with Crippen LogP contribution in [0.4, 0.5) is 5.69 Å². The molecule has 0 aromatic heterocycles. The van der Waals surface area contributed by atoms with Crippen LogP contribution in [0.25, 0.3) is 10.8 Å². The summed E-state index contributed by atoms with van der Waals surface area (Å²) < 4.78 is 0. The van der Waals surface area contributed by atoms with Crippen LogP contribution in [0, 0.1) is 0 Å². The van der Waals surface area contributed by atoms with Gasteiger partial charge in [-0.25, -0.2) is 0 Å². The fraction of sp³-hybridized carbons (Fsp3) is 0.412. The lowest BCUT2D eigenvalue weighted by Crippen LogP contribution is -2.11. The van der Waals surface area contributed by atoms with Crippen LogP contribution in [0.1, 0.15) is 37.8 Å². The van der Waals surface area contributed by atoms with Gasteiger partial charge in [0.25, 0.3) is 0 Å². The van der Waals surface area contributed by atoms with Gasteiger partial charge in [0, 0.05) is 35.5 Å². The van der Waals surface area contributed by atoms with Gasteiger partial charge in [0.1, 0.15) is 5.75 Å². The Morgan fingerprint density at radius 3 is 2.65 bits per heavy atom. The minimum atomic E-state index is 0.0923. The number of benzene rings is 2. The van der Waals surface area contributed by atoms with E-state index in [-0.39, 0.29) is 5.41 Å². The van der Waals surface area contributed by atoms with Crippen LogP contribution in [-0.4, -0.2) is 17.5 Å². The molecule has 3 heteroatoms. The van der Waals surface area contributed by atoms with E-state index in [9.17, 15) is 5.11 Å². The predicted molar refractivity (Wildman–Crippen MR) is 86.3 cm³/mol. The van der Waals surface area contributed by atoms with Gasteiger partial charge < -0.3 is 10.4 Å². The van der Waals surface area contributed by atoms with Crippen molar-refractivity contribution in [3.8, 4) is 5.75 Å². The first-order valence-electron chi connectivity index (χ1n) is 7.01. The van der Waals surface area contributed by atoms with E-state index in [1.807, 2.05) is 12.1 Å². The van der Waals surface area contributed by atoms with Crippen LogP contribution in [-0.2, 0) is 5.41 Å². The molecule has 3 rings (SSSR count). The van der Waals surface area contributed by atoms with E-state index < -0.39 is 0 Å². The van der Waals surface area contributed by atoms with Crippen LogP contribution in [0.3, 0.4) is 0 Å². The van der Waals surface area contributed by atoms with E-state index in [0.717, 1.165) is 23.0 Å². The zero-order chi connectivity index (χ0) is 14.5. The summed E-state index contributed by atoms with van der Waals surface area (Å²) >= 11 is 6.10. The van der Waals surface area contributed by atoms with E-state index >= 15 is 0 Å². The number of rotatable bonds is 1. The van der Waals surface area contributed by atoms with Gasteiger partial charge in [0.15, 0.2) is 0 Å². The summed E-state index contributed by atoms with van der Waals surface area (Å²) in [4.78, 5) is 0. The lowest BCUT2D eigenvalue weighted by molar-refractivity contribution is 0.482. The second-order valence-corrected chi connectivity index (χ2v) is 6.91. The molecule has 0 radical (unpaired) electrons. The molecule has 0 saturated heterocycles. The maximum atomic E-state index is 10.2. The average molecular weight is 290 g/mol. The Labute approximate surface area is 124 Å². The standard InChI is InChI=1S/C17H20ClNO/c1-17(2,3)11-4-5-12-13(6-11)16-10(8-18)9-19-14(16)7-15(12)20/h4-7,10,19-20H,8-9H2,1-3H3/t10-/m1/s1. The van der Waals surface area contributed by atoms with Gasteiger partial charge in [-0.05, 0) is 21.9 Å². The number of phenols is 1. The quantitative estimate of drug-likeness (QED) is 0.753. The molecule has 0 spiro atoms. The minimum Gasteiger partial charge on any atom is -0.507 e. The van der Waals surface area contributed by atoms with Gasteiger partial charge in [-0.15, -0.1) is 11.6 Å². The Kier molecular flexibility index (Phi) is 3.09. The van der Waals surface area contributed by atoms with Crippen molar-refractivity contribution in [2.75, 3.05) is 17.7 Å². The van der Waals surface area contributed by atoms with Gasteiger partial charge in [-0.3, -0.25) is 0 Å². The van der Waals surface area contributed by atoms with Gasteiger partial charge in [0.2, 0.25) is 0 Å². The monoisotopic (exact) mass is 289 g/mol. The van der Waals surface area contributed by atoms with Crippen molar-refractivity contribution in [1.29, 1.82) is 0 Å². The largest absolute Gasteiger partial charge is 0.507 e. The van der Waals surface area contributed by atoms with E-state index in [1.165, 1.54) is 11.1 Å². The number of fused-ring (bicyclic) bond motifs is 3. The number of nitrogens with one attached hydrogen (secondary N) is 1. The zero-order valence-corrected chi connectivity index (χ0v) is 12.9. The highest BCUT2D eigenvalue weighted by atomic mass is 35.5. The van der Waals surface area contributed by atoms with E-state index in [2.05, 4.69) is 38.2 Å². The maximum Gasteiger partial charge on any atom is 0.125 e. The number of hydrogen-bond donors (Lipinski definition) is 2. The van der Waals surface area contributed by atoms with Crippen LogP contribution in [0.2, 0.25) is 0 Å². The van der Waals surface area contributed by atoms with Crippen molar-refractivity contribution in [2.24, 2.45) is 0 Å². The van der Waals surface area contributed by atoms with Gasteiger partial charge in [-0.2, -0.15) is 0 Å². The Balaban J connectivity index is 2.32. The molecule has 0 amide bonds. The molecule has 0 bridgehead atoms. The lowest BCUT2D eigenvalue weighted by Gasteiger charge is -2.21. The molecular weight excluding hydrogens is 270 g/mol. The van der Waals surface area contributed by atoms with Crippen LogP contribution >= 0.6 is 11.6 Å². The average Bonchev–Trinajstić information content (AvgIpc) is 2.80. The Morgan fingerprint density at radius 1 is 1.25 bits per heavy atom. The smallest absolute Gasteiger partial charge is 0.125 e. The minimum absolute atomic E-state index is 0.0923. The molecule has 20 heavy (non-hydrogen) atoms. The topological polar surface area (TPSA) is 32.3 Å². The molecule has 2 N–H and O–H groups in total. The summed E-state index contributed by atoms with van der Waals surface area (Å²) in [5.74, 6) is 1.24. The zero-order valence-electron chi connectivity index (χ0n) is 12.1. The normalized spacial score (nSPS) is 18.1. The molecule has 2 aromatic rings. The third kappa shape index (κ3) is 2.03. The van der Waals surface area contributed by atoms with Crippen LogP contribution < -0.4 is 5.32 Å². The van der Waals surface area contributed by atoms with Crippen molar-refractivity contribution < 1.29 is 5.11 Å². The van der Waals surface area contributed by atoms with Gasteiger partial charge in [-0.1, -0.05) is 39.0 Å². The Hall–Kier alpha value is -1.41. The van der Waals surface area contributed by atoms with E-state index in [0.29, 0.717) is 17.5 Å². The molecular formula is C17H20ClNO. The fourth-order valence-corrected chi connectivity index (χ4v) is 3.21. The molecule has 1 atom stereocenters. The summed E-state index contributed by atoms with van der Waals surface area (Å²) in [5, 5.41) is 15.6. The van der Waals surface area contributed by atoms with Crippen molar-refractivity contribution in [3.63, 3.8) is 0 Å². The molecule has 0 saturated carbocycles. The second kappa shape index (κ2) is 4.56. The first kappa shape index (κ1) is 13.6. The van der Waals surface area contributed by atoms with E-state index in [1.54, 1.807) is 0 Å². The fourth-order valence-electron chi connectivity index (χ4n) is 2.95. The maximum absolute atomic E-state index is 10.2. The Bertz CT molecular complexity index is 673. The molecule has 0 unspecified atom stereocenters. The van der Waals surface area contributed by atoms with Crippen molar-refractivity contribution in [1.82, 2.24) is 0 Å². The number of halogens is 1. The number of phenolic OH excluding ortho intramolecular Hbond substituents is 1. The molecule has 0 fully saturated rings. The van der Waals surface area contributed by atoms with Crippen molar-refractivity contribution in [3.05, 3.63) is 35.4 Å². The third-order valence-corrected chi connectivity index (χ3v) is 4.53. The lowest BCUT2D eigenvalue weighted by atomic mass is 9.84. The predicted octanol–water partition coefficient (Wildman–Crippen LogP) is 4.59. The van der Waals surface area contributed by atoms with Crippen molar-refractivity contribution in [2.45, 2.75) is 32.1 Å². The Morgan fingerprint density at radius 2 is 2.00 bits per heavy atom. The second-order valence-electron chi connectivity index (χ2n) is 6.60. The molecule has 1 aliphatic rings. The summed E-state index contributed by atoms with van der Waals surface area (Å²) in [5.41, 5.74) is 3.64. The van der Waals surface area contributed by atoms with Crippen LogP contribution in [0.5, 0.6) is 5.75 Å². The molecule has 2 nitrogen and oxygen atoms in total. The number of alkyl halides is 1. The first-order chi connectivity index (χ1) is 9.41. The number of hydrogen-bond acceptors (Lipinski definition) is 2. The van der Waals surface area contributed by atoms with Gasteiger partial charge in [0.05, 0.1) is 0 Å². The number of anilines is 1.